The summed E-state index contributed by atoms with van der Waals surface area (Å²) >= 11 is 3.45. The van der Waals surface area contributed by atoms with Gasteiger partial charge in [0.1, 0.15) is 0 Å². The first kappa shape index (κ1) is 16.0. The molecule has 0 aliphatic heterocycles. The van der Waals surface area contributed by atoms with E-state index in [1.54, 1.807) is 4.90 Å². The van der Waals surface area contributed by atoms with Gasteiger partial charge in [0.05, 0.1) is 6.61 Å². The van der Waals surface area contributed by atoms with E-state index in [0.717, 1.165) is 28.1 Å². The van der Waals surface area contributed by atoms with Crippen molar-refractivity contribution in [1.29, 1.82) is 0 Å². The average Bonchev–Trinajstić information content (AvgIpc) is 2.50. The average molecular weight is 350 g/mol. The molecule has 0 fully saturated rings. The highest BCUT2D eigenvalue weighted by molar-refractivity contribution is 9.10. The van der Waals surface area contributed by atoms with Crippen LogP contribution in [0.1, 0.15) is 30.1 Å². The van der Waals surface area contributed by atoms with Crippen LogP contribution in [0.4, 0.5) is 0 Å². The molecule has 0 bridgehead atoms. The number of hydrogen-bond acceptors (Lipinski definition) is 2. The number of halogens is 1. The number of carbonyl (C=O) groups is 1. The Labute approximate surface area is 133 Å². The minimum Gasteiger partial charge on any atom is -0.395 e. The number of rotatable bonds is 6. The molecule has 2 aromatic rings. The van der Waals surface area contributed by atoms with Crippen LogP contribution in [-0.2, 0) is 0 Å². The van der Waals surface area contributed by atoms with Gasteiger partial charge in [0, 0.05) is 23.1 Å². The van der Waals surface area contributed by atoms with E-state index in [2.05, 4.69) is 22.9 Å². The maximum Gasteiger partial charge on any atom is 0.253 e. The van der Waals surface area contributed by atoms with Crippen molar-refractivity contribution in [1.82, 2.24) is 4.90 Å². The van der Waals surface area contributed by atoms with E-state index in [4.69, 9.17) is 5.11 Å². The van der Waals surface area contributed by atoms with Gasteiger partial charge in [-0.15, -0.1) is 0 Å². The zero-order valence-electron chi connectivity index (χ0n) is 12.2. The molecule has 0 heterocycles. The summed E-state index contributed by atoms with van der Waals surface area (Å²) in [6.07, 6.45) is 1.98. The Bertz CT molecular complexity index is 627. The van der Waals surface area contributed by atoms with Crippen LogP contribution in [-0.4, -0.2) is 35.6 Å². The van der Waals surface area contributed by atoms with Gasteiger partial charge in [-0.2, -0.15) is 0 Å². The van der Waals surface area contributed by atoms with Gasteiger partial charge < -0.3 is 10.0 Å². The van der Waals surface area contributed by atoms with Crippen molar-refractivity contribution in [2.45, 2.75) is 19.8 Å². The van der Waals surface area contributed by atoms with Gasteiger partial charge in [-0.05, 0) is 41.5 Å². The number of benzene rings is 2. The van der Waals surface area contributed by atoms with Crippen molar-refractivity contribution in [3.63, 3.8) is 0 Å². The molecule has 0 aliphatic rings. The van der Waals surface area contributed by atoms with Gasteiger partial charge in [-0.1, -0.05) is 41.4 Å². The molecule has 21 heavy (non-hydrogen) atoms. The molecule has 0 saturated carbocycles. The summed E-state index contributed by atoms with van der Waals surface area (Å²) < 4.78 is 1.03. The second kappa shape index (κ2) is 7.57. The molecule has 112 valence electrons. The highest BCUT2D eigenvalue weighted by Crippen LogP contribution is 2.21. The topological polar surface area (TPSA) is 40.5 Å². The minimum atomic E-state index is -0.0117. The molecule has 3 nitrogen and oxygen atoms in total. The molecule has 0 aromatic heterocycles. The molecular weight excluding hydrogens is 330 g/mol. The van der Waals surface area contributed by atoms with Crippen molar-refractivity contribution in [2.24, 2.45) is 0 Å². The molecule has 2 aromatic carbocycles. The Morgan fingerprint density at radius 3 is 2.57 bits per heavy atom. The largest absolute Gasteiger partial charge is 0.395 e. The molecule has 0 radical (unpaired) electrons. The third-order valence-electron chi connectivity index (χ3n) is 3.49. The van der Waals surface area contributed by atoms with Crippen LogP contribution >= 0.6 is 15.9 Å². The van der Waals surface area contributed by atoms with Gasteiger partial charge in [-0.25, -0.2) is 0 Å². The zero-order chi connectivity index (χ0) is 15.2. The van der Waals surface area contributed by atoms with Crippen LogP contribution in [0, 0.1) is 0 Å². The second-order valence-electron chi connectivity index (χ2n) is 5.08. The number of nitrogens with zero attached hydrogens (tertiary/aromatic N) is 1. The molecule has 0 spiro atoms. The Morgan fingerprint density at radius 2 is 1.86 bits per heavy atom. The minimum absolute atomic E-state index is 0.00399. The lowest BCUT2D eigenvalue weighted by molar-refractivity contribution is 0.0719. The molecule has 0 unspecified atom stereocenters. The molecule has 1 N–H and O–H groups in total. The lowest BCUT2D eigenvalue weighted by Gasteiger charge is -2.21. The van der Waals surface area contributed by atoms with Crippen molar-refractivity contribution >= 4 is 32.6 Å². The highest BCUT2D eigenvalue weighted by atomic mass is 79.9. The third-order valence-corrected chi connectivity index (χ3v) is 3.98. The Kier molecular flexibility index (Phi) is 5.76. The normalized spacial score (nSPS) is 10.8. The predicted molar refractivity (Wildman–Crippen MR) is 89.5 cm³/mol. The predicted octanol–water partition coefficient (Wildman–Crippen LogP) is 3.84. The van der Waals surface area contributed by atoms with Gasteiger partial charge in [0.2, 0.25) is 0 Å². The van der Waals surface area contributed by atoms with Crippen molar-refractivity contribution in [3.8, 4) is 0 Å². The smallest absolute Gasteiger partial charge is 0.253 e. The summed E-state index contributed by atoms with van der Waals surface area (Å²) in [7, 11) is 0. The molecular formula is C17H20BrNO2. The molecule has 0 saturated heterocycles. The standard InChI is InChI=1S/C17H20BrNO2/c1-2-3-8-19(9-10-20)17(21)15-5-4-14-12-16(18)7-6-13(14)11-15/h4-7,11-12,20H,2-3,8-10H2,1H3. The summed E-state index contributed by atoms with van der Waals surface area (Å²) in [5, 5.41) is 11.3. The van der Waals surface area contributed by atoms with Crippen LogP contribution in [0.25, 0.3) is 10.8 Å². The summed E-state index contributed by atoms with van der Waals surface area (Å²) in [4.78, 5) is 14.3. The first-order valence-corrected chi connectivity index (χ1v) is 8.04. The maximum atomic E-state index is 12.6. The van der Waals surface area contributed by atoms with E-state index in [-0.39, 0.29) is 12.5 Å². The fraction of sp³-hybridized carbons (Fsp3) is 0.353. The van der Waals surface area contributed by atoms with Crippen LogP contribution < -0.4 is 0 Å². The summed E-state index contributed by atoms with van der Waals surface area (Å²) in [6.45, 7) is 3.16. The number of aliphatic hydroxyl groups excluding tert-OH is 1. The monoisotopic (exact) mass is 349 g/mol. The Morgan fingerprint density at radius 1 is 1.14 bits per heavy atom. The maximum absolute atomic E-state index is 12.6. The molecule has 4 heteroatoms. The SMILES string of the molecule is CCCCN(CCO)C(=O)c1ccc2cc(Br)ccc2c1. The molecule has 0 aliphatic carbocycles. The van der Waals surface area contributed by atoms with Crippen LogP contribution in [0.5, 0.6) is 0 Å². The fourth-order valence-corrected chi connectivity index (χ4v) is 2.70. The van der Waals surface area contributed by atoms with E-state index < -0.39 is 0 Å². The van der Waals surface area contributed by atoms with Gasteiger partial charge >= 0.3 is 0 Å². The van der Waals surface area contributed by atoms with E-state index >= 15 is 0 Å². The number of unbranched alkanes of at least 4 members (excludes halogenated alkanes) is 1. The van der Waals surface area contributed by atoms with Crippen molar-refractivity contribution in [3.05, 3.63) is 46.4 Å². The quantitative estimate of drug-likeness (QED) is 0.860. The van der Waals surface area contributed by atoms with E-state index in [1.165, 1.54) is 0 Å². The molecule has 0 atom stereocenters. The van der Waals surface area contributed by atoms with E-state index in [1.807, 2.05) is 36.4 Å². The number of amides is 1. The van der Waals surface area contributed by atoms with Crippen molar-refractivity contribution in [2.75, 3.05) is 19.7 Å². The zero-order valence-corrected chi connectivity index (χ0v) is 13.8. The van der Waals surface area contributed by atoms with Crippen LogP contribution in [0.15, 0.2) is 40.9 Å². The van der Waals surface area contributed by atoms with Gasteiger partial charge in [0.25, 0.3) is 5.91 Å². The fourth-order valence-electron chi connectivity index (χ4n) is 2.32. The summed E-state index contributed by atoms with van der Waals surface area (Å²) in [5.74, 6) is -0.0117. The van der Waals surface area contributed by atoms with Crippen LogP contribution in [0.2, 0.25) is 0 Å². The Hall–Kier alpha value is -1.39. The number of fused-ring (bicyclic) bond motifs is 1. The highest BCUT2D eigenvalue weighted by Gasteiger charge is 2.15. The van der Waals surface area contributed by atoms with Gasteiger partial charge in [0.15, 0.2) is 0 Å². The lowest BCUT2D eigenvalue weighted by atomic mass is 10.1. The first-order valence-electron chi connectivity index (χ1n) is 7.25. The van der Waals surface area contributed by atoms with Crippen LogP contribution in [0.3, 0.4) is 0 Å². The summed E-state index contributed by atoms with van der Waals surface area (Å²) in [5.41, 5.74) is 0.675. The molecule has 1 amide bonds. The third kappa shape index (κ3) is 4.05. The molecule has 2 rings (SSSR count). The second-order valence-corrected chi connectivity index (χ2v) is 5.99. The Balaban J connectivity index is 2.26. The van der Waals surface area contributed by atoms with E-state index in [9.17, 15) is 4.79 Å². The van der Waals surface area contributed by atoms with Gasteiger partial charge in [-0.3, -0.25) is 4.79 Å². The first-order chi connectivity index (χ1) is 10.2. The number of carbonyl (C=O) groups excluding carboxylic acids is 1. The number of aliphatic hydroxyl groups is 1. The lowest BCUT2D eigenvalue weighted by Crippen LogP contribution is -2.34. The summed E-state index contributed by atoms with van der Waals surface area (Å²) in [6, 6.07) is 11.7. The van der Waals surface area contributed by atoms with E-state index in [0.29, 0.717) is 18.7 Å². The number of hydrogen-bond donors (Lipinski definition) is 1. The van der Waals surface area contributed by atoms with Crippen molar-refractivity contribution < 1.29 is 9.90 Å².